The van der Waals surface area contributed by atoms with Gasteiger partial charge in [0.2, 0.25) is 0 Å². The van der Waals surface area contributed by atoms with Gasteiger partial charge in [0.25, 0.3) is 6.43 Å². The van der Waals surface area contributed by atoms with E-state index in [4.69, 9.17) is 21.4 Å². The number of aliphatic carboxylic acids is 1. The summed E-state index contributed by atoms with van der Waals surface area (Å²) in [6.07, 6.45) is -5.94. The summed E-state index contributed by atoms with van der Waals surface area (Å²) >= 11 is 6.09. The molecule has 168 valence electrons. The van der Waals surface area contributed by atoms with Gasteiger partial charge in [0.15, 0.2) is 0 Å². The number of hydrogen-bond donors (Lipinski definition) is 1. The zero-order valence-electron chi connectivity index (χ0n) is 15.9. The molecule has 0 spiro atoms. The second-order valence-corrected chi connectivity index (χ2v) is 7.61. The van der Waals surface area contributed by atoms with E-state index < -0.39 is 35.6 Å². The molecule has 32 heavy (non-hydrogen) atoms. The molecule has 1 aromatic heterocycles. The molecule has 0 fully saturated rings. The number of rotatable bonds is 7. The van der Waals surface area contributed by atoms with E-state index in [1.165, 1.54) is 36.4 Å². The summed E-state index contributed by atoms with van der Waals surface area (Å²) in [6.45, 7) is -0.573. The van der Waals surface area contributed by atoms with Crippen LogP contribution in [0.4, 0.5) is 22.0 Å². The highest BCUT2D eigenvalue weighted by molar-refractivity contribution is 7.06. The molecular formula is C21H13ClF5NO3S. The standard InChI is InChI=1S/C21H13ClF5NO3S/c22-13-5-1-12(2-6-13)18-16(19(32-28-18)21(25,26)27)10-31-14-7-3-11(4-8-17(29)30)15(9-14)20(23)24/h1-9,20H,10H2,(H,29,30). The minimum Gasteiger partial charge on any atom is -0.489 e. The maximum atomic E-state index is 13.5. The number of benzene rings is 2. The van der Waals surface area contributed by atoms with Crippen LogP contribution >= 0.6 is 23.1 Å². The molecule has 0 atom stereocenters. The number of carbonyl (C=O) groups is 1. The van der Waals surface area contributed by atoms with Gasteiger partial charge in [-0.05, 0) is 47.4 Å². The number of hydrogen-bond acceptors (Lipinski definition) is 4. The van der Waals surface area contributed by atoms with Crippen molar-refractivity contribution in [2.24, 2.45) is 0 Å². The number of carboxylic acids is 1. The summed E-state index contributed by atoms with van der Waals surface area (Å²) < 4.78 is 76.5. The molecule has 1 heterocycles. The Balaban J connectivity index is 1.94. The highest BCUT2D eigenvalue weighted by Crippen LogP contribution is 2.40. The number of carboxylic acid groups (broad SMARTS) is 1. The van der Waals surface area contributed by atoms with E-state index in [-0.39, 0.29) is 34.1 Å². The molecule has 0 unspecified atom stereocenters. The lowest BCUT2D eigenvalue weighted by atomic mass is 10.1. The van der Waals surface area contributed by atoms with Crippen LogP contribution in [0, 0.1) is 0 Å². The maximum absolute atomic E-state index is 13.5. The average Bonchev–Trinajstić information content (AvgIpc) is 3.16. The van der Waals surface area contributed by atoms with Gasteiger partial charge in [-0.15, -0.1) is 0 Å². The van der Waals surface area contributed by atoms with Crippen LogP contribution in [-0.2, 0) is 17.6 Å². The van der Waals surface area contributed by atoms with Crippen molar-refractivity contribution in [1.29, 1.82) is 0 Å². The lowest BCUT2D eigenvalue weighted by Gasteiger charge is -2.13. The third-order valence-electron chi connectivity index (χ3n) is 4.25. The molecular weight excluding hydrogens is 477 g/mol. The van der Waals surface area contributed by atoms with Gasteiger partial charge in [-0.25, -0.2) is 13.6 Å². The van der Waals surface area contributed by atoms with Crippen LogP contribution in [0.5, 0.6) is 5.75 Å². The number of nitrogens with zero attached hydrogens (tertiary/aromatic N) is 1. The van der Waals surface area contributed by atoms with Crippen LogP contribution in [0.3, 0.4) is 0 Å². The van der Waals surface area contributed by atoms with Crippen LogP contribution in [0.2, 0.25) is 5.02 Å². The number of aromatic nitrogens is 1. The Kier molecular flexibility index (Phi) is 7.15. The predicted molar refractivity (Wildman–Crippen MR) is 110 cm³/mol. The van der Waals surface area contributed by atoms with Gasteiger partial charge in [0, 0.05) is 27.8 Å². The highest BCUT2D eigenvalue weighted by Gasteiger charge is 2.38. The van der Waals surface area contributed by atoms with Gasteiger partial charge in [0.1, 0.15) is 17.2 Å². The fourth-order valence-electron chi connectivity index (χ4n) is 2.80. The Labute approximate surface area is 187 Å². The van der Waals surface area contributed by atoms with Crippen molar-refractivity contribution in [2.45, 2.75) is 19.2 Å². The lowest BCUT2D eigenvalue weighted by Crippen LogP contribution is -2.08. The van der Waals surface area contributed by atoms with E-state index >= 15 is 0 Å². The minimum absolute atomic E-state index is 0.0501. The Morgan fingerprint density at radius 2 is 1.88 bits per heavy atom. The molecule has 0 amide bonds. The van der Waals surface area contributed by atoms with Crippen LogP contribution in [0.15, 0.2) is 48.5 Å². The molecule has 3 rings (SSSR count). The largest absolute Gasteiger partial charge is 0.489 e. The lowest BCUT2D eigenvalue weighted by molar-refractivity contribution is -0.135. The first-order valence-corrected chi connectivity index (χ1v) is 9.99. The summed E-state index contributed by atoms with van der Waals surface area (Å²) in [7, 11) is 0. The molecule has 1 N–H and O–H groups in total. The monoisotopic (exact) mass is 489 g/mol. The van der Waals surface area contributed by atoms with Crippen molar-refractivity contribution in [3.8, 4) is 17.0 Å². The smallest absolute Gasteiger partial charge is 0.427 e. The van der Waals surface area contributed by atoms with Gasteiger partial charge in [0.05, 0.1) is 5.69 Å². The van der Waals surface area contributed by atoms with Crippen molar-refractivity contribution in [1.82, 2.24) is 4.37 Å². The first-order valence-electron chi connectivity index (χ1n) is 8.84. The van der Waals surface area contributed by atoms with Crippen LogP contribution in [-0.4, -0.2) is 15.4 Å². The zero-order chi connectivity index (χ0) is 23.5. The molecule has 0 aliphatic heterocycles. The Bertz CT molecular complexity index is 1140. The Morgan fingerprint density at radius 3 is 2.47 bits per heavy atom. The number of alkyl halides is 5. The van der Waals surface area contributed by atoms with Crippen molar-refractivity contribution >= 4 is 35.2 Å². The van der Waals surface area contributed by atoms with Crippen LogP contribution in [0.1, 0.15) is 28.0 Å². The van der Waals surface area contributed by atoms with E-state index in [0.717, 1.165) is 12.1 Å². The second-order valence-electron chi connectivity index (χ2n) is 6.40. The van der Waals surface area contributed by atoms with Gasteiger partial charge in [-0.2, -0.15) is 17.5 Å². The second kappa shape index (κ2) is 9.66. The fourth-order valence-corrected chi connectivity index (χ4v) is 3.69. The fraction of sp³-hybridized carbons (Fsp3) is 0.143. The van der Waals surface area contributed by atoms with Gasteiger partial charge in [-0.1, -0.05) is 29.8 Å². The molecule has 4 nitrogen and oxygen atoms in total. The molecule has 0 bridgehead atoms. The molecule has 3 aromatic rings. The van der Waals surface area contributed by atoms with Gasteiger partial charge in [-0.3, -0.25) is 0 Å². The minimum atomic E-state index is -4.68. The van der Waals surface area contributed by atoms with Gasteiger partial charge < -0.3 is 9.84 Å². The van der Waals surface area contributed by atoms with E-state index in [2.05, 4.69) is 4.37 Å². The molecule has 2 aromatic carbocycles. The summed E-state index contributed by atoms with van der Waals surface area (Å²) in [5.74, 6) is -1.42. The van der Waals surface area contributed by atoms with Crippen molar-refractivity contribution in [3.63, 3.8) is 0 Å². The number of halogens is 6. The topological polar surface area (TPSA) is 59.4 Å². The van der Waals surface area contributed by atoms with Crippen LogP contribution in [0.25, 0.3) is 17.3 Å². The van der Waals surface area contributed by atoms with Crippen LogP contribution < -0.4 is 4.74 Å². The molecule has 0 saturated carbocycles. The van der Waals surface area contributed by atoms with Crippen molar-refractivity contribution in [3.05, 3.63) is 75.1 Å². The van der Waals surface area contributed by atoms with E-state index in [1.807, 2.05) is 0 Å². The summed E-state index contributed by atoms with van der Waals surface area (Å²) in [6, 6.07) is 9.47. The Morgan fingerprint density at radius 1 is 1.19 bits per heavy atom. The van der Waals surface area contributed by atoms with Crippen molar-refractivity contribution < 1.29 is 36.6 Å². The summed E-state index contributed by atoms with van der Waals surface area (Å²) in [4.78, 5) is 9.67. The third kappa shape index (κ3) is 5.63. The molecule has 0 aliphatic carbocycles. The normalized spacial score (nSPS) is 12.0. The molecule has 0 radical (unpaired) electrons. The first kappa shape index (κ1) is 23.7. The predicted octanol–water partition coefficient (Wildman–Crippen LogP) is 7.10. The average molecular weight is 490 g/mol. The Hall–Kier alpha value is -2.98. The highest BCUT2D eigenvalue weighted by atomic mass is 35.5. The molecule has 11 heteroatoms. The summed E-state index contributed by atoms with van der Waals surface area (Å²) in [5.41, 5.74) is -0.364. The summed E-state index contributed by atoms with van der Waals surface area (Å²) in [5, 5.41) is 9.07. The van der Waals surface area contributed by atoms with E-state index in [1.54, 1.807) is 0 Å². The maximum Gasteiger partial charge on any atom is 0.427 e. The van der Waals surface area contributed by atoms with Gasteiger partial charge >= 0.3 is 12.1 Å². The third-order valence-corrected chi connectivity index (χ3v) is 5.43. The molecule has 0 saturated heterocycles. The number of ether oxygens (including phenoxy) is 1. The zero-order valence-corrected chi connectivity index (χ0v) is 17.4. The van der Waals surface area contributed by atoms with E-state index in [9.17, 15) is 26.7 Å². The van der Waals surface area contributed by atoms with E-state index in [0.29, 0.717) is 16.7 Å². The molecule has 0 aliphatic rings. The first-order chi connectivity index (χ1) is 15.1. The van der Waals surface area contributed by atoms with Crippen molar-refractivity contribution in [2.75, 3.05) is 0 Å². The quantitative estimate of drug-likeness (QED) is 0.284. The SMILES string of the molecule is O=C(O)C=Cc1ccc(OCc2c(-c3ccc(Cl)cc3)nsc2C(F)(F)F)cc1C(F)F.